The number of amides is 1. The van der Waals surface area contributed by atoms with Crippen molar-refractivity contribution >= 4 is 17.7 Å². The third-order valence-electron chi connectivity index (χ3n) is 2.11. The Bertz CT molecular complexity index is 174. The molecule has 2 N–H and O–H groups in total. The Balaban J connectivity index is 2.39. The van der Waals surface area contributed by atoms with Gasteiger partial charge in [0.1, 0.15) is 0 Å². The van der Waals surface area contributed by atoms with Gasteiger partial charge >= 0.3 is 0 Å². The third kappa shape index (κ3) is 2.14. The molecule has 1 heterocycles. The highest BCUT2D eigenvalue weighted by atomic mass is 32.2. The van der Waals surface area contributed by atoms with Crippen LogP contribution in [-0.2, 0) is 4.79 Å². The molecule has 0 bridgehead atoms. The zero-order valence-electron chi connectivity index (χ0n) is 7.62. The number of nitrogens with two attached hydrogens (primary N) is 1. The van der Waals surface area contributed by atoms with E-state index in [9.17, 15) is 4.79 Å². The van der Waals surface area contributed by atoms with Crippen LogP contribution in [0.25, 0.3) is 0 Å². The molecule has 1 amide bonds. The standard InChI is InChI=1S/C8H16N2OS/c1-6(5-9)12-7-3-4-10(2)8(7)11/h6-7H,3-5,9H2,1-2H3. The van der Waals surface area contributed by atoms with Gasteiger partial charge in [-0.1, -0.05) is 6.92 Å². The lowest BCUT2D eigenvalue weighted by Crippen LogP contribution is -2.26. The highest BCUT2D eigenvalue weighted by Crippen LogP contribution is 2.25. The van der Waals surface area contributed by atoms with Gasteiger partial charge in [0.2, 0.25) is 5.91 Å². The molecule has 1 aliphatic heterocycles. The third-order valence-corrected chi connectivity index (χ3v) is 3.53. The lowest BCUT2D eigenvalue weighted by molar-refractivity contribution is -0.126. The summed E-state index contributed by atoms with van der Waals surface area (Å²) in [4.78, 5) is 13.2. The molecule has 1 fully saturated rings. The molecular formula is C8H16N2OS. The van der Waals surface area contributed by atoms with E-state index in [2.05, 4.69) is 6.92 Å². The van der Waals surface area contributed by atoms with Crippen molar-refractivity contribution in [3.8, 4) is 0 Å². The monoisotopic (exact) mass is 188 g/mol. The number of likely N-dealkylation sites (tertiary alicyclic amines) is 1. The first kappa shape index (κ1) is 9.86. The number of hydrogen-bond donors (Lipinski definition) is 1. The lowest BCUT2D eigenvalue weighted by Gasteiger charge is -2.13. The van der Waals surface area contributed by atoms with E-state index in [1.165, 1.54) is 0 Å². The topological polar surface area (TPSA) is 46.3 Å². The average molecular weight is 188 g/mol. The smallest absolute Gasteiger partial charge is 0.235 e. The Morgan fingerprint density at radius 3 is 2.92 bits per heavy atom. The fraction of sp³-hybridized carbons (Fsp3) is 0.875. The number of hydrogen-bond acceptors (Lipinski definition) is 3. The average Bonchev–Trinajstić information content (AvgIpc) is 2.36. The van der Waals surface area contributed by atoms with Crippen molar-refractivity contribution in [2.75, 3.05) is 20.1 Å². The fourth-order valence-corrected chi connectivity index (χ4v) is 2.46. The summed E-state index contributed by atoms with van der Waals surface area (Å²) in [6.45, 7) is 3.61. The Labute approximate surface area is 77.7 Å². The van der Waals surface area contributed by atoms with E-state index in [-0.39, 0.29) is 11.2 Å². The van der Waals surface area contributed by atoms with Crippen molar-refractivity contribution in [2.45, 2.75) is 23.8 Å². The lowest BCUT2D eigenvalue weighted by atomic mass is 10.4. The maximum Gasteiger partial charge on any atom is 0.235 e. The van der Waals surface area contributed by atoms with Crippen LogP contribution in [0.15, 0.2) is 0 Å². The molecule has 12 heavy (non-hydrogen) atoms. The first-order valence-electron chi connectivity index (χ1n) is 4.25. The predicted molar refractivity (Wildman–Crippen MR) is 52.1 cm³/mol. The van der Waals surface area contributed by atoms with Crippen molar-refractivity contribution in [2.24, 2.45) is 5.73 Å². The molecule has 1 saturated heterocycles. The van der Waals surface area contributed by atoms with Crippen LogP contribution in [-0.4, -0.2) is 41.4 Å². The van der Waals surface area contributed by atoms with Gasteiger partial charge < -0.3 is 10.6 Å². The maximum atomic E-state index is 11.4. The second kappa shape index (κ2) is 4.14. The molecule has 1 aliphatic rings. The first-order chi connectivity index (χ1) is 5.65. The summed E-state index contributed by atoms with van der Waals surface area (Å²) in [5, 5.41) is 0.555. The molecule has 0 radical (unpaired) electrons. The quantitative estimate of drug-likeness (QED) is 0.693. The maximum absolute atomic E-state index is 11.4. The summed E-state index contributed by atoms with van der Waals surface area (Å²) in [6, 6.07) is 0. The van der Waals surface area contributed by atoms with E-state index < -0.39 is 0 Å². The number of carbonyl (C=O) groups is 1. The van der Waals surface area contributed by atoms with Crippen LogP contribution in [0.4, 0.5) is 0 Å². The Morgan fingerprint density at radius 1 is 1.83 bits per heavy atom. The highest BCUT2D eigenvalue weighted by Gasteiger charge is 2.30. The summed E-state index contributed by atoms with van der Waals surface area (Å²) in [6.07, 6.45) is 0.977. The number of rotatable bonds is 3. The van der Waals surface area contributed by atoms with E-state index in [4.69, 9.17) is 5.73 Å². The Kier molecular flexibility index (Phi) is 3.40. The van der Waals surface area contributed by atoms with Crippen molar-refractivity contribution in [1.29, 1.82) is 0 Å². The molecule has 0 aromatic heterocycles. The van der Waals surface area contributed by atoms with Gasteiger partial charge in [-0.2, -0.15) is 0 Å². The Morgan fingerprint density at radius 2 is 2.50 bits per heavy atom. The fourth-order valence-electron chi connectivity index (χ4n) is 1.25. The van der Waals surface area contributed by atoms with Crippen LogP contribution in [0, 0.1) is 0 Å². The second-order valence-corrected chi connectivity index (χ2v) is 4.87. The zero-order chi connectivity index (χ0) is 9.14. The molecule has 0 saturated carbocycles. The van der Waals surface area contributed by atoms with Gasteiger partial charge in [0, 0.05) is 25.4 Å². The molecule has 4 heteroatoms. The summed E-state index contributed by atoms with van der Waals surface area (Å²) in [5.74, 6) is 0.264. The van der Waals surface area contributed by atoms with Gasteiger partial charge in [-0.05, 0) is 6.42 Å². The molecule has 0 aliphatic carbocycles. The molecule has 2 unspecified atom stereocenters. The van der Waals surface area contributed by atoms with Gasteiger partial charge in [-0.3, -0.25) is 4.79 Å². The first-order valence-corrected chi connectivity index (χ1v) is 5.20. The second-order valence-electron chi connectivity index (χ2n) is 3.22. The molecule has 3 nitrogen and oxygen atoms in total. The van der Waals surface area contributed by atoms with Gasteiger partial charge in [0.15, 0.2) is 0 Å². The van der Waals surface area contributed by atoms with Crippen molar-refractivity contribution in [3.05, 3.63) is 0 Å². The van der Waals surface area contributed by atoms with Crippen LogP contribution in [0.2, 0.25) is 0 Å². The van der Waals surface area contributed by atoms with E-state index in [1.54, 1.807) is 16.7 Å². The summed E-state index contributed by atoms with van der Waals surface area (Å²) in [7, 11) is 1.86. The van der Waals surface area contributed by atoms with E-state index >= 15 is 0 Å². The summed E-state index contributed by atoms with van der Waals surface area (Å²) in [5.41, 5.74) is 5.48. The largest absolute Gasteiger partial charge is 0.345 e. The van der Waals surface area contributed by atoms with Crippen molar-refractivity contribution < 1.29 is 4.79 Å². The van der Waals surface area contributed by atoms with Crippen molar-refractivity contribution in [1.82, 2.24) is 4.90 Å². The number of nitrogens with zero attached hydrogens (tertiary/aromatic N) is 1. The van der Waals surface area contributed by atoms with Crippen LogP contribution in [0.1, 0.15) is 13.3 Å². The molecule has 0 spiro atoms. The minimum Gasteiger partial charge on any atom is -0.345 e. The van der Waals surface area contributed by atoms with Crippen LogP contribution < -0.4 is 5.73 Å². The van der Waals surface area contributed by atoms with Crippen molar-refractivity contribution in [3.63, 3.8) is 0 Å². The number of carbonyl (C=O) groups excluding carboxylic acids is 1. The molecule has 1 rings (SSSR count). The van der Waals surface area contributed by atoms with E-state index in [0.717, 1.165) is 13.0 Å². The van der Waals surface area contributed by atoms with E-state index in [0.29, 0.717) is 11.8 Å². The molecule has 0 aromatic carbocycles. The Hall–Kier alpha value is -0.220. The molecule has 70 valence electrons. The summed E-state index contributed by atoms with van der Waals surface area (Å²) >= 11 is 1.70. The zero-order valence-corrected chi connectivity index (χ0v) is 8.43. The SMILES string of the molecule is CC(CN)SC1CCN(C)C1=O. The predicted octanol–water partition coefficient (Wildman–Crippen LogP) is 0.298. The van der Waals surface area contributed by atoms with E-state index in [1.807, 2.05) is 7.05 Å². The van der Waals surface area contributed by atoms with Crippen LogP contribution in [0.5, 0.6) is 0 Å². The van der Waals surface area contributed by atoms with Gasteiger partial charge in [-0.25, -0.2) is 0 Å². The molecule has 0 aromatic rings. The highest BCUT2D eigenvalue weighted by molar-refractivity contribution is 8.01. The van der Waals surface area contributed by atoms with Crippen LogP contribution >= 0.6 is 11.8 Å². The molecule has 2 atom stereocenters. The van der Waals surface area contributed by atoms with Gasteiger partial charge in [-0.15, -0.1) is 11.8 Å². The minimum atomic E-state index is 0.161. The van der Waals surface area contributed by atoms with Gasteiger partial charge in [0.05, 0.1) is 5.25 Å². The van der Waals surface area contributed by atoms with Gasteiger partial charge in [0.25, 0.3) is 0 Å². The number of thioether (sulfide) groups is 1. The minimum absolute atomic E-state index is 0.161. The van der Waals surface area contributed by atoms with Crippen LogP contribution in [0.3, 0.4) is 0 Å². The molecular weight excluding hydrogens is 172 g/mol. The normalized spacial score (nSPS) is 26.4. The summed E-state index contributed by atoms with van der Waals surface area (Å²) < 4.78 is 0.